The Kier molecular flexibility index (Phi) is 3.85. The van der Waals surface area contributed by atoms with Gasteiger partial charge in [-0.25, -0.2) is 9.18 Å². The van der Waals surface area contributed by atoms with E-state index in [9.17, 15) is 24.2 Å². The minimum atomic E-state index is -2.74. The predicted octanol–water partition coefficient (Wildman–Crippen LogP) is -1.34. The molecule has 2 rings (SSSR count). The number of halogens is 1. The summed E-state index contributed by atoms with van der Waals surface area (Å²) in [7, 11) is 1.18. The molecule has 0 spiro atoms. The van der Waals surface area contributed by atoms with Crippen molar-refractivity contribution < 1.29 is 24.1 Å². The van der Waals surface area contributed by atoms with E-state index in [0.717, 1.165) is 22.9 Å². The Hall–Kier alpha value is -1.81. The zero-order valence-electron chi connectivity index (χ0n) is 11.2. The molecule has 1 aliphatic heterocycles. The van der Waals surface area contributed by atoms with Crippen molar-refractivity contribution in [3.8, 4) is 0 Å². The number of rotatable bonds is 4. The smallest absolute Gasteiger partial charge is 0.330 e. The van der Waals surface area contributed by atoms with Crippen LogP contribution in [0.1, 0.15) is 6.23 Å². The number of ether oxygens (including phenoxy) is 2. The van der Waals surface area contributed by atoms with Gasteiger partial charge in [0.05, 0.1) is 0 Å². The van der Waals surface area contributed by atoms with E-state index in [1.54, 1.807) is 0 Å². The van der Waals surface area contributed by atoms with Crippen LogP contribution in [0, 0.1) is 0 Å². The molecule has 0 bridgehead atoms. The minimum Gasteiger partial charge on any atom is -0.383 e. The van der Waals surface area contributed by atoms with Crippen LogP contribution in [0.15, 0.2) is 34.5 Å². The average molecular weight is 302 g/mol. The van der Waals surface area contributed by atoms with E-state index in [0.29, 0.717) is 0 Å². The molecular weight excluding hydrogens is 287 g/mol. The summed E-state index contributed by atoms with van der Waals surface area (Å²) in [5.41, 5.74) is -3.88. The highest BCUT2D eigenvalue weighted by molar-refractivity contribution is 5.14. The molecular formula is C12H15FN2O6. The quantitative estimate of drug-likeness (QED) is 0.593. The van der Waals surface area contributed by atoms with Gasteiger partial charge < -0.3 is 19.7 Å². The van der Waals surface area contributed by atoms with E-state index in [4.69, 9.17) is 4.74 Å². The van der Waals surface area contributed by atoms with Crippen LogP contribution < -0.4 is 11.2 Å². The van der Waals surface area contributed by atoms with E-state index in [2.05, 4.69) is 11.3 Å². The normalized spacial score (nSPS) is 35.8. The van der Waals surface area contributed by atoms with Gasteiger partial charge >= 0.3 is 5.69 Å². The molecule has 1 fully saturated rings. The molecule has 116 valence electrons. The van der Waals surface area contributed by atoms with Gasteiger partial charge in [0.15, 0.2) is 17.9 Å². The topological polar surface area (TPSA) is 114 Å². The summed E-state index contributed by atoms with van der Waals surface area (Å²) >= 11 is 0. The summed E-state index contributed by atoms with van der Waals surface area (Å²) in [6, 6.07) is 0.995. The first-order valence-electron chi connectivity index (χ1n) is 5.99. The molecule has 4 unspecified atom stereocenters. The molecule has 3 N–H and O–H groups in total. The molecule has 0 amide bonds. The van der Waals surface area contributed by atoms with Crippen LogP contribution in [0.4, 0.5) is 4.39 Å². The molecule has 0 aliphatic carbocycles. The first-order chi connectivity index (χ1) is 9.78. The van der Waals surface area contributed by atoms with Crippen molar-refractivity contribution in [2.24, 2.45) is 0 Å². The Labute approximate surface area is 118 Å². The fourth-order valence-electron chi connectivity index (χ4n) is 2.24. The standard InChI is InChI=1S/C12H15FN2O6/c1-3-11(19)8(17)12(13,6-20-2)21-9(11)15-5-4-7(16)14-10(15)18/h3-5,8-9,17,19H,1,6H2,2H3,(H,14,16,18). The van der Waals surface area contributed by atoms with Crippen LogP contribution in [-0.2, 0) is 9.47 Å². The van der Waals surface area contributed by atoms with Crippen molar-refractivity contribution in [2.45, 2.75) is 23.8 Å². The number of aliphatic hydroxyl groups is 2. The molecule has 2 heterocycles. The molecule has 1 aromatic rings. The summed E-state index contributed by atoms with van der Waals surface area (Å²) in [5.74, 6) is -2.74. The summed E-state index contributed by atoms with van der Waals surface area (Å²) in [6.07, 6.45) is -1.76. The second-order valence-corrected chi connectivity index (χ2v) is 4.70. The van der Waals surface area contributed by atoms with Gasteiger partial charge in [-0.2, -0.15) is 0 Å². The maximum absolute atomic E-state index is 14.5. The van der Waals surface area contributed by atoms with Gasteiger partial charge in [0, 0.05) is 19.4 Å². The van der Waals surface area contributed by atoms with Crippen LogP contribution >= 0.6 is 0 Å². The first-order valence-corrected chi connectivity index (χ1v) is 5.99. The maximum atomic E-state index is 14.5. The minimum absolute atomic E-state index is 0.666. The van der Waals surface area contributed by atoms with Gasteiger partial charge in [0.1, 0.15) is 6.61 Å². The monoisotopic (exact) mass is 302 g/mol. The molecule has 4 atom stereocenters. The zero-order chi connectivity index (χ0) is 15.8. The molecule has 0 aromatic carbocycles. The van der Waals surface area contributed by atoms with E-state index < -0.39 is 41.6 Å². The van der Waals surface area contributed by atoms with Crippen molar-refractivity contribution >= 4 is 0 Å². The third-order valence-corrected chi connectivity index (χ3v) is 3.32. The fourth-order valence-corrected chi connectivity index (χ4v) is 2.24. The number of nitrogens with one attached hydrogen (secondary N) is 1. The van der Waals surface area contributed by atoms with Gasteiger partial charge in [0.25, 0.3) is 11.4 Å². The molecule has 1 aliphatic rings. The number of aliphatic hydroxyl groups excluding tert-OH is 1. The van der Waals surface area contributed by atoms with Gasteiger partial charge in [-0.05, 0) is 0 Å². The highest BCUT2D eigenvalue weighted by atomic mass is 19.2. The third kappa shape index (κ3) is 2.33. The average Bonchev–Trinajstić information content (AvgIpc) is 2.62. The largest absolute Gasteiger partial charge is 0.383 e. The van der Waals surface area contributed by atoms with Crippen molar-refractivity contribution in [2.75, 3.05) is 13.7 Å². The van der Waals surface area contributed by atoms with E-state index in [1.807, 2.05) is 4.98 Å². The lowest BCUT2D eigenvalue weighted by Gasteiger charge is -2.28. The van der Waals surface area contributed by atoms with Gasteiger partial charge in [-0.3, -0.25) is 14.3 Å². The molecule has 21 heavy (non-hydrogen) atoms. The van der Waals surface area contributed by atoms with Crippen molar-refractivity contribution in [3.63, 3.8) is 0 Å². The van der Waals surface area contributed by atoms with Gasteiger partial charge in [0.2, 0.25) is 0 Å². The number of H-pyrrole nitrogens is 1. The van der Waals surface area contributed by atoms with E-state index >= 15 is 0 Å². The number of hydrogen-bond donors (Lipinski definition) is 3. The number of methoxy groups -OCH3 is 1. The van der Waals surface area contributed by atoms with Crippen molar-refractivity contribution in [3.05, 3.63) is 45.8 Å². The molecule has 8 nitrogen and oxygen atoms in total. The number of nitrogens with zero attached hydrogens (tertiary/aromatic N) is 1. The third-order valence-electron chi connectivity index (χ3n) is 3.32. The molecule has 1 aromatic heterocycles. The summed E-state index contributed by atoms with van der Waals surface area (Å²) in [4.78, 5) is 24.7. The SMILES string of the molecule is C=CC1(O)C(n2ccc(=O)[nH]c2=O)OC(F)(COC)C1O. The van der Waals surface area contributed by atoms with Crippen molar-refractivity contribution in [1.82, 2.24) is 9.55 Å². The Morgan fingerprint density at radius 2 is 2.33 bits per heavy atom. The predicted molar refractivity (Wildman–Crippen MR) is 68.3 cm³/mol. The lowest BCUT2D eigenvalue weighted by atomic mass is 9.93. The summed E-state index contributed by atoms with van der Waals surface area (Å²) < 4.78 is 24.9. The van der Waals surface area contributed by atoms with E-state index in [1.165, 1.54) is 7.11 Å². The Balaban J connectivity index is 2.54. The fraction of sp³-hybridized carbons (Fsp3) is 0.500. The lowest BCUT2D eigenvalue weighted by molar-refractivity contribution is -0.212. The molecule has 1 saturated heterocycles. The van der Waals surface area contributed by atoms with Crippen molar-refractivity contribution in [1.29, 1.82) is 0 Å². The van der Waals surface area contributed by atoms with Gasteiger partial charge in [-0.1, -0.05) is 12.7 Å². The second-order valence-electron chi connectivity index (χ2n) is 4.70. The Morgan fingerprint density at radius 1 is 1.67 bits per heavy atom. The first kappa shape index (κ1) is 15.6. The van der Waals surface area contributed by atoms with Gasteiger partial charge in [-0.15, -0.1) is 0 Å². The molecule has 9 heteroatoms. The van der Waals surface area contributed by atoms with Crippen LogP contribution in [0.3, 0.4) is 0 Å². The second kappa shape index (κ2) is 5.19. The number of aromatic amines is 1. The maximum Gasteiger partial charge on any atom is 0.330 e. The Bertz CT molecular complexity index is 658. The molecule has 0 saturated carbocycles. The zero-order valence-corrected chi connectivity index (χ0v) is 11.2. The Morgan fingerprint density at radius 3 is 2.86 bits per heavy atom. The summed E-state index contributed by atoms with van der Waals surface area (Å²) in [5, 5.41) is 20.4. The van der Waals surface area contributed by atoms with Crippen LogP contribution in [0.5, 0.6) is 0 Å². The number of hydrogen-bond acceptors (Lipinski definition) is 6. The highest BCUT2D eigenvalue weighted by Gasteiger charge is 2.64. The van der Waals surface area contributed by atoms with Crippen LogP contribution in [0.2, 0.25) is 0 Å². The number of aromatic nitrogens is 2. The van der Waals surface area contributed by atoms with E-state index in [-0.39, 0.29) is 0 Å². The molecule has 0 radical (unpaired) electrons. The van der Waals surface area contributed by atoms with Crippen LogP contribution in [0.25, 0.3) is 0 Å². The summed E-state index contributed by atoms with van der Waals surface area (Å²) in [6.45, 7) is 2.66. The van der Waals surface area contributed by atoms with Crippen LogP contribution in [-0.4, -0.2) is 51.0 Å². The number of alkyl halides is 1. The highest BCUT2D eigenvalue weighted by Crippen LogP contribution is 2.45. The lowest BCUT2D eigenvalue weighted by Crippen LogP contribution is -2.50.